The monoisotopic (exact) mass is 334 g/mol. The maximum atomic E-state index is 9.86. The highest BCUT2D eigenvalue weighted by molar-refractivity contribution is 6.32. The summed E-state index contributed by atoms with van der Waals surface area (Å²) in [6, 6.07) is 9.38. The second kappa shape index (κ2) is 6.76. The fourth-order valence-electron chi connectivity index (χ4n) is 3.27. The molecule has 3 aromatic rings. The number of ether oxygens (including phenoxy) is 1. The number of benzene rings is 1. The van der Waals surface area contributed by atoms with Crippen LogP contribution in [-0.4, -0.2) is 39.8 Å². The second-order valence-corrected chi connectivity index (χ2v) is 6.39. The Balaban J connectivity index is 1.64. The maximum Gasteiger partial charge on any atom is 0.162 e. The Bertz CT molecular complexity index is 882. The zero-order valence-corrected chi connectivity index (χ0v) is 13.8. The third-order valence-electron chi connectivity index (χ3n) is 4.46. The van der Waals surface area contributed by atoms with Crippen molar-refractivity contribution in [1.29, 1.82) is 0 Å². The van der Waals surface area contributed by atoms with E-state index in [1.165, 1.54) is 6.33 Å². The van der Waals surface area contributed by atoms with E-state index in [9.17, 15) is 5.11 Å². The number of aromatic nitrogens is 3. The molecule has 25 heavy (non-hydrogen) atoms. The van der Waals surface area contributed by atoms with Gasteiger partial charge in [0, 0.05) is 24.4 Å². The van der Waals surface area contributed by atoms with Crippen LogP contribution in [0.15, 0.2) is 42.9 Å². The number of nitrogens with one attached hydrogen (secondary N) is 1. The molecule has 6 nitrogen and oxygen atoms in total. The van der Waals surface area contributed by atoms with Crippen LogP contribution in [-0.2, 0) is 0 Å². The Hall–Kier alpha value is -2.54. The fraction of sp³-hybridized carbons (Fsp3) is 0.333. The molecule has 2 heterocycles. The minimum atomic E-state index is -0.284. The SMILES string of the molecule is [B]c1cccc(Nc2ncnn3ccc(OC4CCC[C@H](O)C4)c23)c1. The topological polar surface area (TPSA) is 71.7 Å². The van der Waals surface area contributed by atoms with Crippen LogP contribution in [0.3, 0.4) is 0 Å². The predicted molar refractivity (Wildman–Crippen MR) is 97.0 cm³/mol. The van der Waals surface area contributed by atoms with Gasteiger partial charge >= 0.3 is 0 Å². The number of aliphatic hydroxyl groups is 1. The van der Waals surface area contributed by atoms with Crippen molar-refractivity contribution in [1.82, 2.24) is 14.6 Å². The van der Waals surface area contributed by atoms with Crippen molar-refractivity contribution in [2.24, 2.45) is 0 Å². The first-order valence-corrected chi connectivity index (χ1v) is 8.48. The van der Waals surface area contributed by atoms with Crippen molar-refractivity contribution >= 4 is 30.3 Å². The molecule has 1 aliphatic rings. The van der Waals surface area contributed by atoms with Crippen molar-refractivity contribution in [3.63, 3.8) is 0 Å². The largest absolute Gasteiger partial charge is 0.488 e. The molecular formula is C18H19BN4O2. The van der Waals surface area contributed by atoms with Crippen molar-refractivity contribution in [3.05, 3.63) is 42.9 Å². The van der Waals surface area contributed by atoms with Gasteiger partial charge in [0.05, 0.1) is 6.10 Å². The summed E-state index contributed by atoms with van der Waals surface area (Å²) in [5.41, 5.74) is 2.30. The first kappa shape index (κ1) is 16.0. The van der Waals surface area contributed by atoms with Crippen molar-refractivity contribution in [2.45, 2.75) is 37.9 Å². The lowest BCUT2D eigenvalue weighted by atomic mass is 9.95. The average Bonchev–Trinajstić information content (AvgIpc) is 2.99. The molecule has 1 unspecified atom stereocenters. The summed E-state index contributed by atoms with van der Waals surface area (Å²) in [5.74, 6) is 1.36. The van der Waals surface area contributed by atoms with Gasteiger partial charge in [-0.3, -0.25) is 0 Å². The minimum Gasteiger partial charge on any atom is -0.488 e. The zero-order chi connectivity index (χ0) is 17.2. The zero-order valence-electron chi connectivity index (χ0n) is 13.8. The first-order chi connectivity index (χ1) is 12.2. The number of anilines is 2. The van der Waals surface area contributed by atoms with Crippen LogP contribution >= 0.6 is 0 Å². The van der Waals surface area contributed by atoms with Gasteiger partial charge in [0.15, 0.2) is 11.6 Å². The Morgan fingerprint density at radius 3 is 3.04 bits per heavy atom. The molecule has 126 valence electrons. The van der Waals surface area contributed by atoms with E-state index in [4.69, 9.17) is 12.6 Å². The summed E-state index contributed by atoms with van der Waals surface area (Å²) < 4.78 is 7.89. The summed E-state index contributed by atoms with van der Waals surface area (Å²) in [6.07, 6.45) is 6.49. The van der Waals surface area contributed by atoms with Gasteiger partial charge < -0.3 is 15.2 Å². The summed E-state index contributed by atoms with van der Waals surface area (Å²) in [6.45, 7) is 0. The molecule has 4 rings (SSSR count). The van der Waals surface area contributed by atoms with E-state index >= 15 is 0 Å². The summed E-state index contributed by atoms with van der Waals surface area (Å²) in [4.78, 5) is 4.36. The number of hydrogen-bond donors (Lipinski definition) is 2. The van der Waals surface area contributed by atoms with E-state index in [1.54, 1.807) is 4.52 Å². The Labute approximate surface area is 147 Å². The Kier molecular flexibility index (Phi) is 4.32. The molecule has 0 amide bonds. The highest BCUT2D eigenvalue weighted by atomic mass is 16.5. The molecule has 2 N–H and O–H groups in total. The van der Waals surface area contributed by atoms with Gasteiger partial charge in [-0.15, -0.1) is 0 Å². The van der Waals surface area contributed by atoms with E-state index in [-0.39, 0.29) is 12.2 Å². The summed E-state index contributed by atoms with van der Waals surface area (Å²) in [5, 5.41) is 17.4. The smallest absolute Gasteiger partial charge is 0.162 e. The van der Waals surface area contributed by atoms with E-state index in [2.05, 4.69) is 15.4 Å². The van der Waals surface area contributed by atoms with Crippen LogP contribution in [0.2, 0.25) is 0 Å². The van der Waals surface area contributed by atoms with Gasteiger partial charge in [-0.1, -0.05) is 17.6 Å². The molecule has 0 aliphatic heterocycles. The normalized spacial score (nSPS) is 20.5. The van der Waals surface area contributed by atoms with E-state index in [0.29, 0.717) is 23.5 Å². The molecule has 1 aromatic carbocycles. The second-order valence-electron chi connectivity index (χ2n) is 6.39. The molecule has 2 radical (unpaired) electrons. The molecule has 0 bridgehead atoms. The third kappa shape index (κ3) is 3.46. The summed E-state index contributed by atoms with van der Waals surface area (Å²) >= 11 is 0. The Morgan fingerprint density at radius 2 is 2.20 bits per heavy atom. The van der Waals surface area contributed by atoms with Gasteiger partial charge in [-0.25, -0.2) is 9.50 Å². The van der Waals surface area contributed by atoms with Crippen molar-refractivity contribution < 1.29 is 9.84 Å². The van der Waals surface area contributed by atoms with Crippen LogP contribution in [0, 0.1) is 0 Å². The van der Waals surface area contributed by atoms with Gasteiger partial charge in [0.2, 0.25) is 0 Å². The third-order valence-corrected chi connectivity index (χ3v) is 4.46. The molecular weight excluding hydrogens is 315 g/mol. The maximum absolute atomic E-state index is 9.86. The van der Waals surface area contributed by atoms with Gasteiger partial charge in [0.25, 0.3) is 0 Å². The minimum absolute atomic E-state index is 0.00961. The highest BCUT2D eigenvalue weighted by Gasteiger charge is 2.23. The molecule has 0 spiro atoms. The predicted octanol–water partition coefficient (Wildman–Crippen LogP) is 1.95. The molecule has 1 saturated carbocycles. The van der Waals surface area contributed by atoms with Gasteiger partial charge in [-0.2, -0.15) is 5.10 Å². The molecule has 2 atom stereocenters. The molecule has 0 saturated heterocycles. The number of hydrogen-bond acceptors (Lipinski definition) is 5. The van der Waals surface area contributed by atoms with Crippen LogP contribution in [0.4, 0.5) is 11.5 Å². The van der Waals surface area contributed by atoms with Crippen molar-refractivity contribution in [3.8, 4) is 5.75 Å². The quantitative estimate of drug-likeness (QED) is 0.714. The lowest BCUT2D eigenvalue weighted by molar-refractivity contribution is 0.0544. The molecule has 2 aromatic heterocycles. The van der Waals surface area contributed by atoms with Crippen molar-refractivity contribution in [2.75, 3.05) is 5.32 Å². The van der Waals surface area contributed by atoms with E-state index in [1.807, 2.05) is 36.5 Å². The van der Waals surface area contributed by atoms with Crippen LogP contribution < -0.4 is 15.5 Å². The number of rotatable bonds is 4. The standard InChI is InChI=1S/C18H19BN4O2/c19-12-3-1-4-13(9-12)22-18-17-16(7-8-23(17)21-11-20-18)25-15-6-2-5-14(24)10-15/h1,3-4,7-9,11,14-15,24H,2,5-6,10H2,(H,20,21,22)/t14-,15?/m0/s1. The summed E-state index contributed by atoms with van der Waals surface area (Å²) in [7, 11) is 5.85. The number of aliphatic hydroxyl groups excluding tert-OH is 1. The van der Waals surface area contributed by atoms with Crippen LogP contribution in [0.5, 0.6) is 5.75 Å². The van der Waals surface area contributed by atoms with Crippen LogP contribution in [0.1, 0.15) is 25.7 Å². The van der Waals surface area contributed by atoms with Gasteiger partial charge in [0.1, 0.15) is 25.8 Å². The number of nitrogens with zero attached hydrogens (tertiary/aromatic N) is 3. The molecule has 7 heteroatoms. The van der Waals surface area contributed by atoms with Gasteiger partial charge in [-0.05, 0) is 31.4 Å². The fourth-order valence-corrected chi connectivity index (χ4v) is 3.27. The average molecular weight is 334 g/mol. The lowest BCUT2D eigenvalue weighted by Gasteiger charge is -2.26. The molecule has 1 aliphatic carbocycles. The van der Waals surface area contributed by atoms with E-state index < -0.39 is 0 Å². The highest BCUT2D eigenvalue weighted by Crippen LogP contribution is 2.31. The number of fused-ring (bicyclic) bond motifs is 1. The molecule has 1 fully saturated rings. The Morgan fingerprint density at radius 1 is 1.28 bits per heavy atom. The first-order valence-electron chi connectivity index (χ1n) is 8.48. The van der Waals surface area contributed by atoms with Crippen LogP contribution in [0.25, 0.3) is 5.52 Å². The lowest BCUT2D eigenvalue weighted by Crippen LogP contribution is -2.28. The van der Waals surface area contributed by atoms with E-state index in [0.717, 1.165) is 30.5 Å².